The summed E-state index contributed by atoms with van der Waals surface area (Å²) in [6.45, 7) is 4.40. The largest absolute Gasteiger partial charge is 0.250 e. The maximum atomic E-state index is 14.6. The first-order chi connectivity index (χ1) is 18.5. The third-order valence-electron chi connectivity index (χ3n) is 8.32. The Morgan fingerprint density at radius 2 is 1.87 bits per heavy atom. The zero-order valence-corrected chi connectivity index (χ0v) is 22.7. The maximum absolute atomic E-state index is 14.6. The first-order valence-corrected chi connectivity index (χ1v) is 14.9. The lowest BCUT2D eigenvalue weighted by Gasteiger charge is -2.56. The van der Waals surface area contributed by atoms with Crippen molar-refractivity contribution in [1.29, 1.82) is 0 Å². The minimum atomic E-state index is -3.11. The highest BCUT2D eigenvalue weighted by Crippen LogP contribution is 2.63. The van der Waals surface area contributed by atoms with Gasteiger partial charge in [0.2, 0.25) is 0 Å². The predicted molar refractivity (Wildman–Crippen MR) is 141 cm³/mol. The van der Waals surface area contributed by atoms with E-state index in [2.05, 4.69) is 34.1 Å². The predicted octanol–water partition coefficient (Wildman–Crippen LogP) is 4.58. The van der Waals surface area contributed by atoms with Gasteiger partial charge in [0, 0.05) is 25.1 Å². The molecule has 2 atom stereocenters. The van der Waals surface area contributed by atoms with Crippen LogP contribution in [0.4, 0.5) is 8.78 Å². The van der Waals surface area contributed by atoms with Crippen molar-refractivity contribution in [2.45, 2.75) is 50.9 Å². The molecule has 0 amide bonds. The standard InChI is InChI=1S/C28H28F2N6O2S/c1-27(2)16-17-7-11-28(27,25-19(17)15-22(33-34-25)24-20(29)5-4-6-21(24)30)23-8-12-31-26(32-23)36-13-9-18(35-36)10-14-39(3,37)38/h4-6,8-9,12-13,15,17H,7,10-11,14,16H2,1-3H3/t17-,28+/m1/s1. The molecule has 0 spiro atoms. The molecule has 39 heavy (non-hydrogen) atoms. The number of sulfone groups is 1. The number of aryl methyl sites for hydroxylation is 1. The molecule has 7 rings (SSSR count). The van der Waals surface area contributed by atoms with Crippen LogP contribution in [0.15, 0.2) is 48.8 Å². The van der Waals surface area contributed by atoms with Crippen LogP contribution in [0, 0.1) is 17.0 Å². The lowest BCUT2D eigenvalue weighted by atomic mass is 9.47. The molecule has 0 saturated heterocycles. The molecule has 1 aromatic carbocycles. The molecule has 0 aliphatic heterocycles. The molecule has 1 fully saturated rings. The van der Waals surface area contributed by atoms with Crippen molar-refractivity contribution in [2.75, 3.05) is 12.0 Å². The third-order valence-corrected chi connectivity index (χ3v) is 9.27. The summed E-state index contributed by atoms with van der Waals surface area (Å²) < 4.78 is 53.8. The molecule has 0 N–H and O–H groups in total. The zero-order chi connectivity index (χ0) is 27.6. The fraction of sp³-hybridized carbons (Fsp3) is 0.393. The molecular formula is C28H28F2N6O2S. The summed E-state index contributed by atoms with van der Waals surface area (Å²) in [6, 6.07) is 9.23. The van der Waals surface area contributed by atoms with Gasteiger partial charge in [-0.2, -0.15) is 10.2 Å². The molecule has 11 heteroatoms. The van der Waals surface area contributed by atoms with Crippen molar-refractivity contribution in [2.24, 2.45) is 5.41 Å². The summed E-state index contributed by atoms with van der Waals surface area (Å²) in [4.78, 5) is 9.38. The van der Waals surface area contributed by atoms with Gasteiger partial charge in [-0.3, -0.25) is 0 Å². The van der Waals surface area contributed by atoms with E-state index in [4.69, 9.17) is 4.98 Å². The topological polar surface area (TPSA) is 104 Å². The van der Waals surface area contributed by atoms with E-state index >= 15 is 0 Å². The SMILES string of the molecule is CC1(C)C[C@H]2CC[C@]1(c1ccnc(-n3ccc(CCS(C)(=O)=O)n3)n1)c1nnc(-c3c(F)cccc3F)cc12. The Morgan fingerprint density at radius 3 is 2.59 bits per heavy atom. The molecule has 1 saturated carbocycles. The average Bonchev–Trinajstić information content (AvgIpc) is 3.36. The molecule has 0 unspecified atom stereocenters. The van der Waals surface area contributed by atoms with Crippen LogP contribution in [0.2, 0.25) is 0 Å². The van der Waals surface area contributed by atoms with E-state index in [1.54, 1.807) is 29.2 Å². The lowest BCUT2D eigenvalue weighted by molar-refractivity contribution is 0.0810. The minimum Gasteiger partial charge on any atom is -0.229 e. The number of hydrogen-bond donors (Lipinski definition) is 0. The Morgan fingerprint density at radius 1 is 1.10 bits per heavy atom. The van der Waals surface area contributed by atoms with E-state index in [-0.39, 0.29) is 28.3 Å². The summed E-state index contributed by atoms with van der Waals surface area (Å²) in [6.07, 6.45) is 7.47. The number of aromatic nitrogens is 6. The highest BCUT2D eigenvalue weighted by atomic mass is 32.2. The number of halogens is 2. The second-order valence-electron chi connectivity index (χ2n) is 11.2. The van der Waals surface area contributed by atoms with Gasteiger partial charge in [-0.05, 0) is 66.5 Å². The molecule has 3 heterocycles. The van der Waals surface area contributed by atoms with Crippen molar-refractivity contribution in [3.63, 3.8) is 0 Å². The summed E-state index contributed by atoms with van der Waals surface area (Å²) in [7, 11) is -3.11. The van der Waals surface area contributed by atoms with E-state index in [1.165, 1.54) is 24.5 Å². The zero-order valence-electron chi connectivity index (χ0n) is 21.9. The van der Waals surface area contributed by atoms with E-state index in [1.807, 2.05) is 6.07 Å². The van der Waals surface area contributed by atoms with Gasteiger partial charge in [0.05, 0.1) is 39.5 Å². The molecule has 2 bridgehead atoms. The van der Waals surface area contributed by atoms with Crippen molar-refractivity contribution in [3.8, 4) is 17.2 Å². The van der Waals surface area contributed by atoms with Gasteiger partial charge >= 0.3 is 0 Å². The second kappa shape index (κ2) is 8.97. The normalized spacial score (nSPS) is 21.6. The van der Waals surface area contributed by atoms with Gasteiger partial charge in [0.1, 0.15) is 21.5 Å². The lowest BCUT2D eigenvalue weighted by Crippen LogP contribution is -2.53. The van der Waals surface area contributed by atoms with E-state index in [0.29, 0.717) is 18.1 Å². The van der Waals surface area contributed by atoms with Crippen molar-refractivity contribution in [1.82, 2.24) is 29.9 Å². The molecule has 8 nitrogen and oxygen atoms in total. The summed E-state index contributed by atoms with van der Waals surface area (Å²) >= 11 is 0. The van der Waals surface area contributed by atoms with Gasteiger partial charge in [0.15, 0.2) is 0 Å². The molecule has 3 aliphatic carbocycles. The van der Waals surface area contributed by atoms with Crippen LogP contribution in [0.25, 0.3) is 17.2 Å². The van der Waals surface area contributed by atoms with Gasteiger partial charge in [-0.15, -0.1) is 5.10 Å². The molecule has 202 valence electrons. The Bertz CT molecular complexity index is 1680. The maximum Gasteiger partial charge on any atom is 0.250 e. The summed E-state index contributed by atoms with van der Waals surface area (Å²) in [5, 5.41) is 13.5. The van der Waals surface area contributed by atoms with Gasteiger partial charge in [-0.25, -0.2) is 31.8 Å². The Balaban J connectivity index is 1.43. The number of fused-ring (bicyclic) bond motifs is 2. The van der Waals surface area contributed by atoms with Crippen LogP contribution in [0.1, 0.15) is 61.7 Å². The van der Waals surface area contributed by atoms with Crippen LogP contribution < -0.4 is 0 Å². The highest BCUT2D eigenvalue weighted by Gasteiger charge is 2.59. The Kier molecular flexibility index (Phi) is 5.90. The highest BCUT2D eigenvalue weighted by molar-refractivity contribution is 7.90. The smallest absolute Gasteiger partial charge is 0.229 e. The van der Waals surface area contributed by atoms with Gasteiger partial charge in [-0.1, -0.05) is 19.9 Å². The van der Waals surface area contributed by atoms with Crippen LogP contribution in [-0.4, -0.2) is 50.4 Å². The molecule has 3 aromatic heterocycles. The molecule has 3 aliphatic rings. The fourth-order valence-electron chi connectivity index (χ4n) is 6.43. The summed E-state index contributed by atoms with van der Waals surface area (Å²) in [5.41, 5.74) is 2.37. The summed E-state index contributed by atoms with van der Waals surface area (Å²) in [5.74, 6) is -0.759. The number of hydrogen-bond acceptors (Lipinski definition) is 7. The number of benzene rings is 1. The van der Waals surface area contributed by atoms with Crippen molar-refractivity contribution in [3.05, 3.63) is 83.1 Å². The first kappa shape index (κ1) is 25.7. The van der Waals surface area contributed by atoms with Crippen LogP contribution >= 0.6 is 0 Å². The van der Waals surface area contributed by atoms with E-state index in [9.17, 15) is 17.2 Å². The van der Waals surface area contributed by atoms with Crippen molar-refractivity contribution >= 4 is 9.84 Å². The minimum absolute atomic E-state index is 0.0115. The third kappa shape index (κ3) is 4.23. The quantitative estimate of drug-likeness (QED) is 0.346. The number of nitrogens with zero attached hydrogens (tertiary/aromatic N) is 6. The Labute approximate surface area is 225 Å². The second-order valence-corrected chi connectivity index (χ2v) is 13.5. The Hall–Kier alpha value is -3.60. The monoisotopic (exact) mass is 550 g/mol. The van der Waals surface area contributed by atoms with Gasteiger partial charge < -0.3 is 0 Å². The average molecular weight is 551 g/mol. The number of rotatable bonds is 6. The van der Waals surface area contributed by atoms with Crippen LogP contribution in [0.5, 0.6) is 0 Å². The fourth-order valence-corrected chi connectivity index (χ4v) is 7.01. The first-order valence-electron chi connectivity index (χ1n) is 12.9. The molecular weight excluding hydrogens is 522 g/mol. The van der Waals surface area contributed by atoms with E-state index in [0.717, 1.165) is 36.2 Å². The van der Waals surface area contributed by atoms with Crippen LogP contribution in [-0.2, 0) is 21.7 Å². The molecule has 4 aromatic rings. The van der Waals surface area contributed by atoms with E-state index < -0.39 is 26.9 Å². The molecule has 0 radical (unpaired) electrons. The van der Waals surface area contributed by atoms with Crippen molar-refractivity contribution < 1.29 is 17.2 Å². The van der Waals surface area contributed by atoms with Gasteiger partial charge in [0.25, 0.3) is 5.95 Å². The van der Waals surface area contributed by atoms with Crippen LogP contribution in [0.3, 0.4) is 0 Å².